The molecule has 0 aliphatic heterocycles. The number of aryl methyl sites for hydroxylation is 2. The van der Waals surface area contributed by atoms with Gasteiger partial charge < -0.3 is 25.4 Å². The molecule has 0 radical (unpaired) electrons. The maximum absolute atomic E-state index is 13.7. The van der Waals surface area contributed by atoms with Crippen LogP contribution in [-0.2, 0) is 14.3 Å². The molecule has 0 aromatic heterocycles. The molecule has 3 unspecified atom stereocenters. The molecule has 3 amide bonds. The molecule has 3 N–H and O–H groups in total. The Labute approximate surface area is 204 Å². The van der Waals surface area contributed by atoms with Gasteiger partial charge in [0.25, 0.3) is 0 Å². The number of aliphatic hydroxyl groups excluding tert-OH is 1. The van der Waals surface area contributed by atoms with E-state index in [1.807, 2.05) is 52.8 Å². The number of aliphatic hydroxyl groups is 1. The van der Waals surface area contributed by atoms with E-state index in [0.717, 1.165) is 24.0 Å². The van der Waals surface area contributed by atoms with Gasteiger partial charge in [-0.15, -0.1) is 0 Å². The van der Waals surface area contributed by atoms with Crippen LogP contribution in [0.3, 0.4) is 0 Å². The predicted octanol–water partition coefficient (Wildman–Crippen LogP) is 3.77. The molecule has 0 heterocycles. The van der Waals surface area contributed by atoms with Crippen LogP contribution in [-0.4, -0.2) is 58.8 Å². The van der Waals surface area contributed by atoms with Crippen molar-refractivity contribution in [1.29, 1.82) is 0 Å². The molecule has 0 saturated carbocycles. The van der Waals surface area contributed by atoms with Crippen molar-refractivity contribution in [2.45, 2.75) is 98.4 Å². The lowest BCUT2D eigenvalue weighted by Gasteiger charge is -2.38. The molecule has 8 nitrogen and oxygen atoms in total. The van der Waals surface area contributed by atoms with Crippen LogP contribution in [0.2, 0.25) is 0 Å². The van der Waals surface area contributed by atoms with E-state index in [-0.39, 0.29) is 11.9 Å². The highest BCUT2D eigenvalue weighted by atomic mass is 16.6. The zero-order valence-corrected chi connectivity index (χ0v) is 22.0. The number of benzene rings is 1. The number of alkyl carbamates (subject to hydrolysis) is 1. The summed E-state index contributed by atoms with van der Waals surface area (Å²) in [7, 11) is 0. The third-order valence-electron chi connectivity index (χ3n) is 5.41. The second-order valence-electron chi connectivity index (χ2n) is 9.85. The minimum absolute atomic E-state index is 0.291. The van der Waals surface area contributed by atoms with Crippen molar-refractivity contribution in [3.63, 3.8) is 0 Å². The fourth-order valence-electron chi connectivity index (χ4n) is 3.70. The van der Waals surface area contributed by atoms with Crippen LogP contribution in [0.1, 0.15) is 83.5 Å². The number of carbonyl (C=O) groups excluding carboxylic acids is 3. The molecule has 8 heteroatoms. The maximum Gasteiger partial charge on any atom is 0.408 e. The highest BCUT2D eigenvalue weighted by Gasteiger charge is 2.38. The second-order valence-corrected chi connectivity index (χ2v) is 9.85. The number of nitrogens with zero attached hydrogens (tertiary/aromatic N) is 1. The molecular formula is C26H43N3O5. The molecule has 0 saturated heterocycles. The fraction of sp³-hybridized carbons (Fsp3) is 0.654. The van der Waals surface area contributed by atoms with E-state index in [2.05, 4.69) is 10.6 Å². The quantitative estimate of drug-likeness (QED) is 0.421. The second kappa shape index (κ2) is 13.3. The van der Waals surface area contributed by atoms with Gasteiger partial charge in [0, 0.05) is 12.6 Å². The summed E-state index contributed by atoms with van der Waals surface area (Å²) in [6, 6.07) is 3.31. The number of nitrogens with one attached hydrogen (secondary N) is 2. The highest BCUT2D eigenvalue weighted by molar-refractivity contribution is 5.92. The van der Waals surface area contributed by atoms with Crippen molar-refractivity contribution in [3.05, 3.63) is 34.9 Å². The summed E-state index contributed by atoms with van der Waals surface area (Å²) >= 11 is 0. The summed E-state index contributed by atoms with van der Waals surface area (Å²) in [5.41, 5.74) is 1.88. The monoisotopic (exact) mass is 477 g/mol. The third-order valence-corrected chi connectivity index (χ3v) is 5.41. The first-order valence-corrected chi connectivity index (χ1v) is 12.1. The number of hydrogen-bond acceptors (Lipinski definition) is 5. The van der Waals surface area contributed by atoms with E-state index in [1.165, 1.54) is 4.90 Å². The van der Waals surface area contributed by atoms with Crippen LogP contribution in [0.4, 0.5) is 4.79 Å². The SMILES string of the molecule is CCCCNC(=O)C(c1cc(C)cc(C)c1)N(C(=O)C(CO)NC(=O)OC(C)(C)C)C(C)CC. The average Bonchev–Trinajstić information content (AvgIpc) is 2.72. The van der Waals surface area contributed by atoms with Crippen molar-refractivity contribution in [1.82, 2.24) is 15.5 Å². The number of rotatable bonds is 11. The topological polar surface area (TPSA) is 108 Å². The van der Waals surface area contributed by atoms with Crippen LogP contribution in [0.5, 0.6) is 0 Å². The first kappa shape index (κ1) is 29.4. The summed E-state index contributed by atoms with van der Waals surface area (Å²) in [4.78, 5) is 41.0. The molecule has 1 aromatic carbocycles. The Morgan fingerprint density at radius 2 is 1.68 bits per heavy atom. The van der Waals surface area contributed by atoms with Crippen molar-refractivity contribution in [3.8, 4) is 0 Å². The Bertz CT molecular complexity index is 814. The molecule has 0 aliphatic rings. The molecule has 0 aliphatic carbocycles. The van der Waals surface area contributed by atoms with Gasteiger partial charge in [0.15, 0.2) is 0 Å². The minimum atomic E-state index is -1.25. The van der Waals surface area contributed by atoms with E-state index in [1.54, 1.807) is 20.8 Å². The lowest BCUT2D eigenvalue weighted by atomic mass is 9.96. The summed E-state index contributed by atoms with van der Waals surface area (Å²) in [6.45, 7) is 14.7. The van der Waals surface area contributed by atoms with E-state index >= 15 is 0 Å². The van der Waals surface area contributed by atoms with E-state index in [9.17, 15) is 19.5 Å². The number of carbonyl (C=O) groups is 3. The Hall–Kier alpha value is -2.61. The molecular weight excluding hydrogens is 434 g/mol. The molecule has 1 rings (SSSR count). The van der Waals surface area contributed by atoms with E-state index in [0.29, 0.717) is 18.5 Å². The van der Waals surface area contributed by atoms with Gasteiger partial charge in [-0.3, -0.25) is 9.59 Å². The number of amides is 3. The summed E-state index contributed by atoms with van der Waals surface area (Å²) < 4.78 is 5.27. The fourth-order valence-corrected chi connectivity index (χ4v) is 3.70. The molecule has 192 valence electrons. The predicted molar refractivity (Wildman–Crippen MR) is 133 cm³/mol. The van der Waals surface area contributed by atoms with E-state index < -0.39 is 36.3 Å². The van der Waals surface area contributed by atoms with Gasteiger partial charge in [0.1, 0.15) is 17.7 Å². The van der Waals surface area contributed by atoms with Gasteiger partial charge in [-0.25, -0.2) is 4.79 Å². The normalized spacial score (nSPS) is 14.0. The zero-order chi connectivity index (χ0) is 26.1. The molecule has 0 bridgehead atoms. The maximum atomic E-state index is 13.7. The van der Waals surface area contributed by atoms with Crippen LogP contribution >= 0.6 is 0 Å². The largest absolute Gasteiger partial charge is 0.444 e. The molecule has 3 atom stereocenters. The lowest BCUT2D eigenvalue weighted by molar-refractivity contribution is -0.145. The summed E-state index contributed by atoms with van der Waals surface area (Å²) in [5.74, 6) is -0.835. The summed E-state index contributed by atoms with van der Waals surface area (Å²) in [5, 5.41) is 15.4. The van der Waals surface area contributed by atoms with Crippen molar-refractivity contribution in [2.24, 2.45) is 0 Å². The number of ether oxygens (including phenoxy) is 1. The first-order valence-electron chi connectivity index (χ1n) is 12.1. The summed E-state index contributed by atoms with van der Waals surface area (Å²) in [6.07, 6.45) is 1.52. The van der Waals surface area contributed by atoms with Crippen molar-refractivity contribution in [2.75, 3.05) is 13.2 Å². The lowest BCUT2D eigenvalue weighted by Crippen LogP contribution is -2.56. The van der Waals surface area contributed by atoms with E-state index in [4.69, 9.17) is 4.74 Å². The van der Waals surface area contributed by atoms with Crippen molar-refractivity contribution >= 4 is 17.9 Å². The van der Waals surface area contributed by atoms with Gasteiger partial charge >= 0.3 is 6.09 Å². The smallest absolute Gasteiger partial charge is 0.408 e. The minimum Gasteiger partial charge on any atom is -0.444 e. The van der Waals surface area contributed by atoms with Gasteiger partial charge in [-0.05, 0) is 59.9 Å². The van der Waals surface area contributed by atoms with Gasteiger partial charge in [-0.1, -0.05) is 49.6 Å². The van der Waals surface area contributed by atoms with Crippen molar-refractivity contribution < 1.29 is 24.2 Å². The van der Waals surface area contributed by atoms with Gasteiger partial charge in [0.05, 0.1) is 6.61 Å². The Kier molecular flexibility index (Phi) is 11.5. The first-order chi connectivity index (χ1) is 15.8. The van der Waals surface area contributed by atoms with Crippen LogP contribution in [0, 0.1) is 13.8 Å². The number of hydrogen-bond donors (Lipinski definition) is 3. The number of unbranched alkanes of at least 4 members (excludes halogenated alkanes) is 1. The Morgan fingerprint density at radius 3 is 2.15 bits per heavy atom. The van der Waals surface area contributed by atoms with Gasteiger partial charge in [-0.2, -0.15) is 0 Å². The van der Waals surface area contributed by atoms with Crippen LogP contribution in [0.25, 0.3) is 0 Å². The van der Waals surface area contributed by atoms with Gasteiger partial charge in [0.2, 0.25) is 11.8 Å². The Morgan fingerprint density at radius 1 is 1.09 bits per heavy atom. The Balaban J connectivity index is 3.44. The van der Waals surface area contributed by atoms with Crippen LogP contribution in [0.15, 0.2) is 18.2 Å². The van der Waals surface area contributed by atoms with Crippen LogP contribution < -0.4 is 10.6 Å². The molecule has 1 aromatic rings. The third kappa shape index (κ3) is 8.97. The zero-order valence-electron chi connectivity index (χ0n) is 22.0. The molecule has 0 spiro atoms. The standard InChI is InChI=1S/C26H43N3O5/c1-9-11-12-27-23(31)22(20-14-17(3)13-18(4)15-20)29(19(5)10-2)24(32)21(16-30)28-25(33)34-26(6,7)8/h13-15,19,21-22,30H,9-12,16H2,1-8H3,(H,27,31)(H,28,33). The molecule has 34 heavy (non-hydrogen) atoms. The average molecular weight is 478 g/mol. The highest BCUT2D eigenvalue weighted by Crippen LogP contribution is 2.28. The molecule has 0 fully saturated rings.